The number of phenols is 2. The number of hydrogen-bond donors (Lipinski definition) is 3. The molecule has 10 heteroatoms. The van der Waals surface area contributed by atoms with Gasteiger partial charge in [0.1, 0.15) is 0 Å². The number of fused-ring (bicyclic) bond motifs is 1. The monoisotopic (exact) mass is 558 g/mol. The van der Waals surface area contributed by atoms with Crippen LogP contribution in [0.4, 0.5) is 0 Å². The van der Waals surface area contributed by atoms with Crippen LogP contribution in [0, 0.1) is 5.92 Å². The molecule has 0 bridgehead atoms. The molecule has 1 fully saturated rings. The number of halogens is 2. The molecule has 1 aliphatic carbocycles. The summed E-state index contributed by atoms with van der Waals surface area (Å²) in [6.45, 7) is 5.34. The van der Waals surface area contributed by atoms with Crippen molar-refractivity contribution in [2.75, 3.05) is 39.9 Å². The molecule has 0 amide bonds. The number of Topliss-reactive ketones (excluding diaryl/α,β-unsaturated/α-hetero) is 1. The van der Waals surface area contributed by atoms with Gasteiger partial charge in [-0.3, -0.25) is 4.79 Å². The van der Waals surface area contributed by atoms with Crippen molar-refractivity contribution in [2.45, 2.75) is 57.0 Å². The first-order chi connectivity index (χ1) is 16.9. The van der Waals surface area contributed by atoms with E-state index in [1.165, 1.54) is 6.07 Å². The molecule has 1 saturated heterocycles. The average Bonchev–Trinajstić information content (AvgIpc) is 2.88. The van der Waals surface area contributed by atoms with Gasteiger partial charge in [0.05, 0.1) is 18.8 Å². The smallest absolute Gasteiger partial charge is 0.191 e. The summed E-state index contributed by atoms with van der Waals surface area (Å²) < 4.78 is 18.0. The topological polar surface area (TPSA) is 114 Å². The van der Waals surface area contributed by atoms with Crippen molar-refractivity contribution in [1.82, 2.24) is 4.90 Å². The van der Waals surface area contributed by atoms with E-state index in [0.29, 0.717) is 37.5 Å². The van der Waals surface area contributed by atoms with E-state index in [0.717, 1.165) is 50.0 Å². The average molecular weight is 560 g/mol. The zero-order chi connectivity index (χ0) is 25.0. The fraction of sp³-hybridized carbons (Fsp3) is 0.593. The lowest BCUT2D eigenvalue weighted by Gasteiger charge is -2.40. The Hall–Kier alpha value is -1.65. The van der Waals surface area contributed by atoms with E-state index in [1.807, 2.05) is 18.2 Å². The molecule has 0 spiro atoms. The molecule has 37 heavy (non-hydrogen) atoms. The lowest BCUT2D eigenvalue weighted by molar-refractivity contribution is -0.189. The van der Waals surface area contributed by atoms with E-state index in [4.69, 9.17) is 19.9 Å². The third-order valence-electron chi connectivity index (χ3n) is 7.61. The van der Waals surface area contributed by atoms with Crippen molar-refractivity contribution in [1.29, 1.82) is 0 Å². The number of nitrogens with zero attached hydrogens (tertiary/aromatic N) is 1. The number of aromatic hydroxyl groups is 2. The van der Waals surface area contributed by atoms with Crippen molar-refractivity contribution >= 4 is 30.6 Å². The van der Waals surface area contributed by atoms with Crippen LogP contribution in [-0.2, 0) is 25.4 Å². The number of rotatable bonds is 9. The predicted octanol–water partition coefficient (Wildman–Crippen LogP) is 3.82. The first kappa shape index (κ1) is 31.6. The molecule has 1 unspecified atom stereocenters. The fourth-order valence-electron chi connectivity index (χ4n) is 5.47. The van der Waals surface area contributed by atoms with Crippen molar-refractivity contribution in [3.05, 3.63) is 47.1 Å². The zero-order valence-corrected chi connectivity index (χ0v) is 23.2. The number of piperidine rings is 1. The summed E-state index contributed by atoms with van der Waals surface area (Å²) in [6, 6.07) is 3.30. The quantitative estimate of drug-likeness (QED) is 0.238. The van der Waals surface area contributed by atoms with E-state index in [9.17, 15) is 15.0 Å². The van der Waals surface area contributed by atoms with Crippen molar-refractivity contribution in [2.24, 2.45) is 11.7 Å². The highest BCUT2D eigenvalue weighted by Crippen LogP contribution is 2.42. The van der Waals surface area contributed by atoms with Crippen LogP contribution >= 0.6 is 24.8 Å². The second-order valence-corrected chi connectivity index (χ2v) is 9.79. The number of likely N-dealkylation sites (tertiary alicyclic amines) is 1. The van der Waals surface area contributed by atoms with E-state index >= 15 is 0 Å². The van der Waals surface area contributed by atoms with E-state index in [-0.39, 0.29) is 54.3 Å². The number of allylic oxidation sites excluding steroid dienone is 2. The summed E-state index contributed by atoms with van der Waals surface area (Å²) in [4.78, 5) is 14.2. The molecular formula is C27H40Cl2N2O6. The Kier molecular flexibility index (Phi) is 11.9. The van der Waals surface area contributed by atoms with Crippen LogP contribution in [0.1, 0.15) is 49.8 Å². The number of phenolic OH excluding ortho intramolecular Hbond substituents is 2. The van der Waals surface area contributed by atoms with Crippen LogP contribution in [0.5, 0.6) is 11.5 Å². The minimum absolute atomic E-state index is 0. The Bertz CT molecular complexity index is 980. The molecule has 0 saturated carbocycles. The van der Waals surface area contributed by atoms with Gasteiger partial charge in [-0.25, -0.2) is 0 Å². The molecule has 208 valence electrons. The van der Waals surface area contributed by atoms with Gasteiger partial charge in [0, 0.05) is 44.2 Å². The maximum Gasteiger partial charge on any atom is 0.191 e. The van der Waals surface area contributed by atoms with Gasteiger partial charge in [0.2, 0.25) is 0 Å². The van der Waals surface area contributed by atoms with E-state index in [1.54, 1.807) is 20.1 Å². The molecule has 8 nitrogen and oxygen atoms in total. The Morgan fingerprint density at radius 1 is 1.24 bits per heavy atom. The third kappa shape index (κ3) is 7.26. The number of benzene rings is 1. The second-order valence-electron chi connectivity index (χ2n) is 9.79. The van der Waals surface area contributed by atoms with E-state index in [2.05, 4.69) is 4.90 Å². The Morgan fingerprint density at radius 2 is 1.97 bits per heavy atom. The maximum absolute atomic E-state index is 11.7. The summed E-state index contributed by atoms with van der Waals surface area (Å²) in [5, 5.41) is 20.4. The molecule has 2 heterocycles. The van der Waals surface area contributed by atoms with Crippen LogP contribution in [-0.4, -0.2) is 72.7 Å². The highest BCUT2D eigenvalue weighted by Gasteiger charge is 2.36. The molecule has 0 radical (unpaired) electrons. The van der Waals surface area contributed by atoms with Gasteiger partial charge < -0.3 is 35.1 Å². The molecule has 4 rings (SSSR count). The normalized spacial score (nSPS) is 26.0. The van der Waals surface area contributed by atoms with Crippen LogP contribution in [0.25, 0.3) is 0 Å². The summed E-state index contributed by atoms with van der Waals surface area (Å²) in [7, 11) is 1.61. The highest BCUT2D eigenvalue weighted by atomic mass is 35.5. The van der Waals surface area contributed by atoms with Crippen molar-refractivity contribution < 1.29 is 29.2 Å². The zero-order valence-electron chi connectivity index (χ0n) is 21.6. The minimum Gasteiger partial charge on any atom is -0.504 e. The summed E-state index contributed by atoms with van der Waals surface area (Å²) in [5.74, 6) is -0.578. The number of methoxy groups -OCH3 is 1. The summed E-state index contributed by atoms with van der Waals surface area (Å²) >= 11 is 0. The second kappa shape index (κ2) is 13.9. The van der Waals surface area contributed by atoms with Gasteiger partial charge >= 0.3 is 0 Å². The highest BCUT2D eigenvalue weighted by molar-refractivity contribution is 5.94. The van der Waals surface area contributed by atoms with Crippen molar-refractivity contribution in [3.63, 3.8) is 0 Å². The molecule has 4 N–H and O–H groups in total. The number of hydrogen-bond acceptors (Lipinski definition) is 8. The van der Waals surface area contributed by atoms with Crippen LogP contribution in [0.2, 0.25) is 0 Å². The number of carbonyl (C=O) groups is 1. The van der Waals surface area contributed by atoms with Crippen LogP contribution in [0.15, 0.2) is 35.9 Å². The van der Waals surface area contributed by atoms with Crippen LogP contribution in [0.3, 0.4) is 0 Å². The molecular weight excluding hydrogens is 519 g/mol. The Labute approximate surface area is 231 Å². The van der Waals surface area contributed by atoms with Gasteiger partial charge in [0.15, 0.2) is 23.1 Å². The largest absolute Gasteiger partial charge is 0.504 e. The third-order valence-corrected chi connectivity index (χ3v) is 7.61. The molecule has 1 aromatic rings. The Balaban J connectivity index is 0.00000241. The summed E-state index contributed by atoms with van der Waals surface area (Å²) in [5.41, 5.74) is 8.32. The maximum atomic E-state index is 11.7. The first-order valence-electron chi connectivity index (χ1n) is 12.6. The van der Waals surface area contributed by atoms with Gasteiger partial charge in [-0.1, -0.05) is 18.2 Å². The predicted molar refractivity (Wildman–Crippen MR) is 147 cm³/mol. The lowest BCUT2D eigenvalue weighted by atomic mass is 9.83. The van der Waals surface area contributed by atoms with Gasteiger partial charge in [-0.05, 0) is 62.9 Å². The number of ether oxygens (including phenoxy) is 3. The van der Waals surface area contributed by atoms with Crippen LogP contribution < -0.4 is 5.73 Å². The molecule has 0 aromatic heterocycles. The molecule has 2 aliphatic heterocycles. The number of carbonyl (C=O) groups excluding carboxylic acids is 1. The summed E-state index contributed by atoms with van der Waals surface area (Å²) in [6.07, 6.45) is 9.17. The van der Waals surface area contributed by atoms with Crippen molar-refractivity contribution in [3.8, 4) is 11.5 Å². The van der Waals surface area contributed by atoms with Gasteiger partial charge in [-0.2, -0.15) is 0 Å². The minimum atomic E-state index is -0.864. The fourth-order valence-corrected chi connectivity index (χ4v) is 5.47. The Morgan fingerprint density at radius 3 is 2.62 bits per heavy atom. The number of ketones is 1. The van der Waals surface area contributed by atoms with E-state index < -0.39 is 5.79 Å². The molecule has 3 atom stereocenters. The molecule has 1 aromatic carbocycles. The standard InChI is InChI=1S/C27H38N2O6.2ClH/c1-18(30)20-5-3-10-27(16-20,33-2)34-14-4-11-29-12-8-19(9-13-29)24-15-22-21(25(17-28)35-24)6-7-23(31)26(22)32;;/h3,5-7,10,19,24-25,31-32H,4,8-9,11-17,28H2,1-2H3;2*1H/t24-,25-,27?;;/m0../s1. The first-order valence-corrected chi connectivity index (χ1v) is 12.6. The van der Waals surface area contributed by atoms with Gasteiger partial charge in [-0.15, -0.1) is 24.8 Å². The lowest BCUT2D eigenvalue weighted by Crippen LogP contribution is -2.42. The SMILES string of the molecule is COC1(OCCCN2CCC([C@@H]3Cc4c(ccc(O)c4O)[C@H](CN)O3)CC2)C=CC=C(C(C)=O)C1.Cl.Cl. The number of nitrogens with two attached hydrogens (primary N) is 1. The van der Waals surface area contributed by atoms with Gasteiger partial charge in [0.25, 0.3) is 0 Å². The molecule has 3 aliphatic rings.